The largest absolute Gasteiger partial charge is 0.497 e. The van der Waals surface area contributed by atoms with Crippen LogP contribution in [-0.4, -0.2) is 26.5 Å². The molecule has 2 amide bonds. The van der Waals surface area contributed by atoms with Crippen LogP contribution < -0.4 is 20.1 Å². The molecule has 0 saturated heterocycles. The number of rotatable bonds is 7. The van der Waals surface area contributed by atoms with E-state index in [9.17, 15) is 13.2 Å². The standard InChI is InChI=1S/C20H20N4O4S/c1-28-18-5-2-6-19(12-18)29(26,27)24-17-9-7-16(8-10-17)23-20(25)22-14-15-4-3-11-21-13-15/h2-13,24H,14H2,1H3,(H2,22,23,25). The Morgan fingerprint density at radius 3 is 2.48 bits per heavy atom. The predicted molar refractivity (Wildman–Crippen MR) is 110 cm³/mol. The van der Waals surface area contributed by atoms with E-state index in [0.29, 0.717) is 23.7 Å². The first kappa shape index (κ1) is 20.2. The van der Waals surface area contributed by atoms with Gasteiger partial charge in [-0.25, -0.2) is 13.2 Å². The number of amides is 2. The van der Waals surface area contributed by atoms with E-state index in [-0.39, 0.29) is 10.9 Å². The lowest BCUT2D eigenvalue weighted by molar-refractivity contribution is 0.251. The molecule has 1 aromatic heterocycles. The number of anilines is 2. The Hall–Kier alpha value is -3.59. The van der Waals surface area contributed by atoms with Crippen molar-refractivity contribution in [2.24, 2.45) is 0 Å². The SMILES string of the molecule is COc1cccc(S(=O)(=O)Nc2ccc(NC(=O)NCc3cccnc3)cc2)c1. The molecule has 150 valence electrons. The number of methoxy groups -OCH3 is 1. The number of aromatic nitrogens is 1. The van der Waals surface area contributed by atoms with Crippen molar-refractivity contribution >= 4 is 27.4 Å². The van der Waals surface area contributed by atoms with E-state index in [0.717, 1.165) is 5.56 Å². The monoisotopic (exact) mass is 412 g/mol. The van der Waals surface area contributed by atoms with Crippen LogP contribution in [0.15, 0.2) is 78.0 Å². The van der Waals surface area contributed by atoms with Crippen LogP contribution in [0.1, 0.15) is 5.56 Å². The first-order valence-electron chi connectivity index (χ1n) is 8.67. The third kappa shape index (κ3) is 5.69. The molecule has 0 bridgehead atoms. The number of nitrogens with zero attached hydrogens (tertiary/aromatic N) is 1. The number of pyridine rings is 1. The summed E-state index contributed by atoms with van der Waals surface area (Å²) in [6.07, 6.45) is 3.33. The molecular weight excluding hydrogens is 392 g/mol. The van der Waals surface area contributed by atoms with E-state index < -0.39 is 10.0 Å². The van der Waals surface area contributed by atoms with Crippen molar-refractivity contribution in [3.63, 3.8) is 0 Å². The molecule has 0 aliphatic heterocycles. The van der Waals surface area contributed by atoms with Crippen molar-refractivity contribution in [2.45, 2.75) is 11.4 Å². The molecule has 3 aromatic rings. The van der Waals surface area contributed by atoms with E-state index in [2.05, 4.69) is 20.3 Å². The molecular formula is C20H20N4O4S. The summed E-state index contributed by atoms with van der Waals surface area (Å²) in [5.74, 6) is 0.449. The number of urea groups is 1. The van der Waals surface area contributed by atoms with Gasteiger partial charge in [-0.1, -0.05) is 12.1 Å². The summed E-state index contributed by atoms with van der Waals surface area (Å²) < 4.78 is 32.6. The number of benzene rings is 2. The zero-order valence-corrected chi connectivity index (χ0v) is 16.4. The quantitative estimate of drug-likeness (QED) is 0.552. The first-order valence-corrected chi connectivity index (χ1v) is 10.2. The maximum Gasteiger partial charge on any atom is 0.319 e. The fourth-order valence-corrected chi connectivity index (χ4v) is 3.56. The summed E-state index contributed by atoms with van der Waals surface area (Å²) in [5.41, 5.74) is 1.78. The maximum atomic E-state index is 12.5. The summed E-state index contributed by atoms with van der Waals surface area (Å²) in [5, 5.41) is 5.40. The van der Waals surface area contributed by atoms with Crippen molar-refractivity contribution in [1.29, 1.82) is 0 Å². The van der Waals surface area contributed by atoms with Crippen LogP contribution in [0.2, 0.25) is 0 Å². The molecule has 1 heterocycles. The number of carbonyl (C=O) groups is 1. The van der Waals surface area contributed by atoms with Crippen LogP contribution in [0.25, 0.3) is 0 Å². The lowest BCUT2D eigenvalue weighted by Crippen LogP contribution is -2.28. The van der Waals surface area contributed by atoms with E-state index >= 15 is 0 Å². The van der Waals surface area contributed by atoms with Crippen LogP contribution >= 0.6 is 0 Å². The second-order valence-electron chi connectivity index (χ2n) is 6.03. The molecule has 0 saturated carbocycles. The van der Waals surface area contributed by atoms with Crippen molar-refractivity contribution in [3.8, 4) is 5.75 Å². The topological polar surface area (TPSA) is 109 Å². The van der Waals surface area contributed by atoms with Gasteiger partial charge in [0.05, 0.1) is 12.0 Å². The van der Waals surface area contributed by atoms with Gasteiger partial charge in [0.2, 0.25) is 0 Å². The van der Waals surface area contributed by atoms with Crippen molar-refractivity contribution in [1.82, 2.24) is 10.3 Å². The molecule has 2 aromatic carbocycles. The molecule has 0 unspecified atom stereocenters. The highest BCUT2D eigenvalue weighted by molar-refractivity contribution is 7.92. The van der Waals surface area contributed by atoms with E-state index in [1.807, 2.05) is 6.07 Å². The van der Waals surface area contributed by atoms with E-state index in [4.69, 9.17) is 4.74 Å². The van der Waals surface area contributed by atoms with E-state index in [1.165, 1.54) is 19.2 Å². The Labute approximate surface area is 169 Å². The molecule has 0 aliphatic carbocycles. The van der Waals surface area contributed by atoms with Gasteiger partial charge in [-0.15, -0.1) is 0 Å². The fourth-order valence-electron chi connectivity index (χ4n) is 2.46. The summed E-state index contributed by atoms with van der Waals surface area (Å²) in [7, 11) is -2.29. The molecule has 0 fully saturated rings. The fraction of sp³-hybridized carbons (Fsp3) is 0.100. The second-order valence-corrected chi connectivity index (χ2v) is 7.71. The Kier molecular flexibility index (Phi) is 6.30. The molecule has 0 aliphatic rings. The average Bonchev–Trinajstić information content (AvgIpc) is 2.74. The van der Waals surface area contributed by atoms with Gasteiger partial charge in [0.25, 0.3) is 10.0 Å². The molecule has 29 heavy (non-hydrogen) atoms. The molecule has 0 spiro atoms. The third-order valence-corrected chi connectivity index (χ3v) is 5.30. The van der Waals surface area contributed by atoms with Crippen LogP contribution in [0.4, 0.5) is 16.2 Å². The number of hydrogen-bond acceptors (Lipinski definition) is 5. The lowest BCUT2D eigenvalue weighted by atomic mass is 10.3. The highest BCUT2D eigenvalue weighted by Crippen LogP contribution is 2.21. The van der Waals surface area contributed by atoms with Gasteiger partial charge in [-0.3, -0.25) is 9.71 Å². The summed E-state index contributed by atoms with van der Waals surface area (Å²) >= 11 is 0. The van der Waals surface area contributed by atoms with Crippen molar-refractivity contribution in [2.75, 3.05) is 17.1 Å². The highest BCUT2D eigenvalue weighted by atomic mass is 32.2. The Morgan fingerprint density at radius 1 is 1.03 bits per heavy atom. The van der Waals surface area contributed by atoms with Crippen LogP contribution in [0, 0.1) is 0 Å². The van der Waals surface area contributed by atoms with Crippen molar-refractivity contribution < 1.29 is 17.9 Å². The van der Waals surface area contributed by atoms with Gasteiger partial charge in [0.15, 0.2) is 0 Å². The maximum absolute atomic E-state index is 12.5. The molecule has 3 N–H and O–H groups in total. The van der Waals surface area contributed by atoms with Crippen LogP contribution in [0.5, 0.6) is 5.75 Å². The normalized spacial score (nSPS) is 10.8. The van der Waals surface area contributed by atoms with Gasteiger partial charge < -0.3 is 15.4 Å². The van der Waals surface area contributed by atoms with Gasteiger partial charge >= 0.3 is 6.03 Å². The smallest absolute Gasteiger partial charge is 0.319 e. The highest BCUT2D eigenvalue weighted by Gasteiger charge is 2.15. The molecule has 8 nitrogen and oxygen atoms in total. The number of nitrogens with one attached hydrogen (secondary N) is 3. The third-order valence-electron chi connectivity index (χ3n) is 3.92. The summed E-state index contributed by atoms with van der Waals surface area (Å²) in [6, 6.07) is 15.8. The van der Waals surface area contributed by atoms with Crippen molar-refractivity contribution in [3.05, 3.63) is 78.6 Å². The van der Waals surface area contributed by atoms with Crippen LogP contribution in [0.3, 0.4) is 0 Å². The first-order chi connectivity index (χ1) is 14.0. The molecule has 3 rings (SSSR count). The number of hydrogen-bond donors (Lipinski definition) is 3. The van der Waals surface area contributed by atoms with Crippen LogP contribution in [-0.2, 0) is 16.6 Å². The van der Waals surface area contributed by atoms with E-state index in [1.54, 1.807) is 54.9 Å². The summed E-state index contributed by atoms with van der Waals surface area (Å²) in [4.78, 5) is 16.1. The van der Waals surface area contributed by atoms with Gasteiger partial charge in [-0.2, -0.15) is 0 Å². The Morgan fingerprint density at radius 2 is 1.79 bits per heavy atom. The van der Waals surface area contributed by atoms with Gasteiger partial charge in [0.1, 0.15) is 5.75 Å². The average molecular weight is 412 g/mol. The number of ether oxygens (including phenoxy) is 1. The lowest BCUT2D eigenvalue weighted by Gasteiger charge is -2.11. The van der Waals surface area contributed by atoms with Gasteiger partial charge in [0, 0.05) is 36.4 Å². The molecule has 9 heteroatoms. The minimum Gasteiger partial charge on any atom is -0.497 e. The minimum atomic E-state index is -3.76. The zero-order chi connectivity index (χ0) is 20.7. The Bertz CT molecular complexity index is 1070. The second kappa shape index (κ2) is 9.07. The van der Waals surface area contributed by atoms with Gasteiger partial charge in [-0.05, 0) is 48.0 Å². The summed E-state index contributed by atoms with van der Waals surface area (Å²) in [6.45, 7) is 0.345. The zero-order valence-electron chi connectivity index (χ0n) is 15.6. The molecule has 0 atom stereocenters. The Balaban J connectivity index is 1.58. The minimum absolute atomic E-state index is 0.0915. The number of carbonyl (C=O) groups excluding carboxylic acids is 1. The predicted octanol–water partition coefficient (Wildman–Crippen LogP) is 3.21. The number of sulfonamides is 1. The molecule has 0 radical (unpaired) electrons.